The van der Waals surface area contributed by atoms with E-state index in [1.807, 2.05) is 48.5 Å². The first-order valence-electron chi connectivity index (χ1n) is 18.6. The first kappa shape index (κ1) is 32.3. The second-order valence-electron chi connectivity index (χ2n) is 13.7. The zero-order valence-corrected chi connectivity index (χ0v) is 29.9. The Labute approximate surface area is 319 Å². The van der Waals surface area contributed by atoms with Gasteiger partial charge in [0.2, 0.25) is 0 Å². The van der Waals surface area contributed by atoms with Crippen molar-refractivity contribution < 1.29 is 0 Å². The van der Waals surface area contributed by atoms with Gasteiger partial charge >= 0.3 is 0 Å². The van der Waals surface area contributed by atoms with Crippen molar-refractivity contribution in [3.63, 3.8) is 0 Å². The number of para-hydroxylation sites is 2. The van der Waals surface area contributed by atoms with Gasteiger partial charge in [-0.15, -0.1) is 0 Å². The number of imidazole rings is 1. The fourth-order valence-corrected chi connectivity index (χ4v) is 7.62. The molecule has 5 nitrogen and oxygen atoms in total. The molecule has 1 atom stereocenters. The van der Waals surface area contributed by atoms with Gasteiger partial charge in [-0.05, 0) is 68.9 Å². The number of aliphatic imine (C=N–C) groups is 2. The number of aromatic nitrogens is 2. The molecule has 260 valence electrons. The van der Waals surface area contributed by atoms with Crippen molar-refractivity contribution in [1.82, 2.24) is 14.9 Å². The van der Waals surface area contributed by atoms with Crippen molar-refractivity contribution in [2.45, 2.75) is 6.17 Å². The fourth-order valence-electron chi connectivity index (χ4n) is 7.62. The summed E-state index contributed by atoms with van der Waals surface area (Å²) in [7, 11) is 0. The average Bonchev–Trinajstić information content (AvgIpc) is 3.67. The van der Waals surface area contributed by atoms with E-state index in [9.17, 15) is 0 Å². The molecule has 0 saturated carbocycles. The summed E-state index contributed by atoms with van der Waals surface area (Å²) in [5.74, 6) is 2.44. The molecule has 0 aliphatic carbocycles. The van der Waals surface area contributed by atoms with Crippen LogP contribution in [-0.4, -0.2) is 21.2 Å². The van der Waals surface area contributed by atoms with Crippen LogP contribution < -0.4 is 5.32 Å². The third kappa shape index (κ3) is 6.08. The number of rotatable bonds is 7. The maximum Gasteiger partial charge on any atom is 0.159 e. The Morgan fingerprint density at radius 1 is 0.455 bits per heavy atom. The molecule has 10 rings (SSSR count). The topological polar surface area (TPSA) is 54.6 Å². The number of nitrogens with one attached hydrogen (secondary N) is 1. The molecule has 5 heteroatoms. The molecule has 1 unspecified atom stereocenters. The third-order valence-corrected chi connectivity index (χ3v) is 10.3. The summed E-state index contributed by atoms with van der Waals surface area (Å²) < 4.78 is 2.25. The number of benzene rings is 8. The van der Waals surface area contributed by atoms with Crippen molar-refractivity contribution in [1.29, 1.82) is 0 Å². The van der Waals surface area contributed by atoms with Crippen LogP contribution in [0.5, 0.6) is 0 Å². The van der Waals surface area contributed by atoms with Gasteiger partial charge in [0.25, 0.3) is 0 Å². The number of hydrogen-bond acceptors (Lipinski definition) is 4. The molecule has 1 aliphatic rings. The Hall–Kier alpha value is -7.37. The van der Waals surface area contributed by atoms with Gasteiger partial charge in [-0.2, -0.15) is 0 Å². The smallest absolute Gasteiger partial charge is 0.159 e. The van der Waals surface area contributed by atoms with Crippen LogP contribution in [0, 0.1) is 0 Å². The van der Waals surface area contributed by atoms with E-state index in [1.54, 1.807) is 0 Å². The van der Waals surface area contributed by atoms with Crippen LogP contribution in [0.25, 0.3) is 61.1 Å². The van der Waals surface area contributed by atoms with Crippen molar-refractivity contribution >= 4 is 33.5 Å². The van der Waals surface area contributed by atoms with Crippen molar-refractivity contribution in [3.05, 3.63) is 217 Å². The number of nitrogens with zero attached hydrogens (tertiary/aromatic N) is 4. The maximum absolute atomic E-state index is 5.13. The summed E-state index contributed by atoms with van der Waals surface area (Å²) in [6, 6.07) is 70.0. The Morgan fingerprint density at radius 3 is 1.76 bits per heavy atom. The van der Waals surface area contributed by atoms with Crippen molar-refractivity contribution in [3.8, 4) is 39.3 Å². The van der Waals surface area contributed by atoms with E-state index in [2.05, 4.69) is 162 Å². The molecule has 0 amide bonds. The zero-order chi connectivity index (χ0) is 36.6. The van der Waals surface area contributed by atoms with Gasteiger partial charge in [-0.1, -0.05) is 170 Å². The van der Waals surface area contributed by atoms with Crippen LogP contribution in [0.15, 0.2) is 210 Å². The normalized spacial score (nSPS) is 14.0. The summed E-state index contributed by atoms with van der Waals surface area (Å²) in [6.45, 7) is 0. The molecule has 8 aromatic carbocycles. The van der Waals surface area contributed by atoms with Crippen molar-refractivity contribution in [2.24, 2.45) is 9.98 Å². The minimum absolute atomic E-state index is 0.253. The molecule has 0 spiro atoms. The van der Waals surface area contributed by atoms with E-state index in [0.717, 1.165) is 67.3 Å². The molecule has 2 heterocycles. The molecule has 0 saturated heterocycles. The van der Waals surface area contributed by atoms with Crippen LogP contribution in [-0.2, 0) is 0 Å². The van der Waals surface area contributed by atoms with Gasteiger partial charge in [0.15, 0.2) is 5.84 Å². The minimum atomic E-state index is -0.253. The second-order valence-corrected chi connectivity index (χ2v) is 13.7. The van der Waals surface area contributed by atoms with Crippen LogP contribution >= 0.6 is 0 Å². The van der Waals surface area contributed by atoms with Crippen LogP contribution in [0.1, 0.15) is 22.9 Å². The lowest BCUT2D eigenvalue weighted by atomic mass is 9.92. The Kier molecular flexibility index (Phi) is 8.15. The average molecular weight is 706 g/mol. The molecule has 1 aliphatic heterocycles. The standard InChI is InChI=1S/C50H35N5/c1-4-15-35(16-5-1)47-52-48(36-17-6-2-7-18-36)54-49(53-47)39-22-12-21-38(33-39)42-24-14-25-43-41(23-13-26-44(42)43)34-29-31-40(32-30-34)55-46-28-11-10-27-45(46)51-50(55)37-19-8-3-9-20-37/h1-33,47H,(H,52,53,54). The highest BCUT2D eigenvalue weighted by atomic mass is 15.2. The number of hydrogen-bond donors (Lipinski definition) is 1. The lowest BCUT2D eigenvalue weighted by Gasteiger charge is -2.23. The van der Waals surface area contributed by atoms with Gasteiger partial charge in [0.05, 0.1) is 11.0 Å². The largest absolute Gasteiger partial charge is 0.344 e. The summed E-state index contributed by atoms with van der Waals surface area (Å²) in [6.07, 6.45) is -0.253. The fraction of sp³-hybridized carbons (Fsp3) is 0.0200. The quantitative estimate of drug-likeness (QED) is 0.179. The highest BCUT2D eigenvalue weighted by Crippen LogP contribution is 2.37. The number of fused-ring (bicyclic) bond motifs is 2. The predicted molar refractivity (Wildman–Crippen MR) is 227 cm³/mol. The lowest BCUT2D eigenvalue weighted by molar-refractivity contribution is 0.674. The Morgan fingerprint density at radius 2 is 1.04 bits per heavy atom. The van der Waals surface area contributed by atoms with Crippen LogP contribution in [0.2, 0.25) is 0 Å². The van der Waals surface area contributed by atoms with Gasteiger partial charge in [0.1, 0.15) is 17.8 Å². The van der Waals surface area contributed by atoms with Gasteiger partial charge in [0, 0.05) is 22.4 Å². The molecular weight excluding hydrogens is 671 g/mol. The van der Waals surface area contributed by atoms with E-state index in [-0.39, 0.29) is 6.17 Å². The van der Waals surface area contributed by atoms with E-state index < -0.39 is 0 Å². The third-order valence-electron chi connectivity index (χ3n) is 10.3. The molecule has 0 bridgehead atoms. The highest BCUT2D eigenvalue weighted by Gasteiger charge is 2.21. The zero-order valence-electron chi connectivity index (χ0n) is 29.9. The molecule has 1 N–H and O–H groups in total. The van der Waals surface area contributed by atoms with Crippen molar-refractivity contribution in [2.75, 3.05) is 0 Å². The van der Waals surface area contributed by atoms with Gasteiger partial charge < -0.3 is 5.32 Å². The van der Waals surface area contributed by atoms with Crippen LogP contribution in [0.4, 0.5) is 0 Å². The predicted octanol–water partition coefficient (Wildman–Crippen LogP) is 11.7. The van der Waals surface area contributed by atoms with E-state index in [0.29, 0.717) is 5.84 Å². The number of amidine groups is 2. The van der Waals surface area contributed by atoms with Gasteiger partial charge in [-0.3, -0.25) is 4.57 Å². The highest BCUT2D eigenvalue weighted by molar-refractivity contribution is 6.13. The van der Waals surface area contributed by atoms with E-state index in [4.69, 9.17) is 15.0 Å². The molecule has 1 aromatic heterocycles. The second kappa shape index (κ2) is 13.9. The molecule has 9 aromatic rings. The van der Waals surface area contributed by atoms with E-state index in [1.165, 1.54) is 16.3 Å². The minimum Gasteiger partial charge on any atom is -0.344 e. The first-order valence-corrected chi connectivity index (χ1v) is 18.6. The lowest BCUT2D eigenvalue weighted by Crippen LogP contribution is -2.33. The van der Waals surface area contributed by atoms with Crippen LogP contribution in [0.3, 0.4) is 0 Å². The monoisotopic (exact) mass is 705 g/mol. The summed E-state index contributed by atoms with van der Waals surface area (Å²) in [4.78, 5) is 15.2. The summed E-state index contributed by atoms with van der Waals surface area (Å²) in [5.41, 5.74) is 11.9. The van der Waals surface area contributed by atoms with Gasteiger partial charge in [-0.25, -0.2) is 15.0 Å². The molecule has 55 heavy (non-hydrogen) atoms. The molecule has 0 fully saturated rings. The molecule has 0 radical (unpaired) electrons. The Bertz CT molecular complexity index is 2870. The summed E-state index contributed by atoms with van der Waals surface area (Å²) in [5, 5.41) is 5.95. The van der Waals surface area contributed by atoms with E-state index >= 15 is 0 Å². The SMILES string of the molecule is c1ccc(C2=NC(c3cccc(-c4cccc5c(-c6ccc(-n7c(-c8ccccc8)nc8ccccc87)cc6)cccc45)c3)=NC(c3ccccc3)N2)cc1. The Balaban J connectivity index is 1.02. The first-order chi connectivity index (χ1) is 27.3. The maximum atomic E-state index is 5.13. The molecular formula is C50H35N5. The summed E-state index contributed by atoms with van der Waals surface area (Å²) >= 11 is 0.